The van der Waals surface area contributed by atoms with E-state index in [4.69, 9.17) is 4.74 Å². The van der Waals surface area contributed by atoms with Gasteiger partial charge in [-0.15, -0.1) is 0 Å². The minimum absolute atomic E-state index is 0.0501. The molecule has 3 N–H and O–H groups in total. The van der Waals surface area contributed by atoms with Crippen molar-refractivity contribution in [2.45, 2.75) is 32.3 Å². The van der Waals surface area contributed by atoms with Gasteiger partial charge in [0.25, 0.3) is 0 Å². The van der Waals surface area contributed by atoms with Crippen LogP contribution >= 0.6 is 0 Å². The van der Waals surface area contributed by atoms with Gasteiger partial charge in [0.05, 0.1) is 18.4 Å². The molecule has 2 rings (SSSR count). The topological polar surface area (TPSA) is 70.6 Å². The summed E-state index contributed by atoms with van der Waals surface area (Å²) in [5.74, 6) is 0.692. The molecule has 2 aromatic carbocycles. The maximum absolute atomic E-state index is 12.3. The molecule has 2 amide bonds. The summed E-state index contributed by atoms with van der Waals surface area (Å²) in [5.41, 5.74) is 1.73. The molecule has 2 atom stereocenters. The monoisotopic (exact) mass is 342 g/mol. The number of nitrogens with one attached hydrogen (secondary N) is 2. The summed E-state index contributed by atoms with van der Waals surface area (Å²) in [6.45, 7) is 4.63. The van der Waals surface area contributed by atoms with E-state index in [1.54, 1.807) is 13.0 Å². The fraction of sp³-hybridized carbons (Fsp3) is 0.350. The lowest BCUT2D eigenvalue weighted by atomic mass is 9.93. The highest BCUT2D eigenvalue weighted by Gasteiger charge is 2.16. The average Bonchev–Trinajstić information content (AvgIpc) is 2.61. The highest BCUT2D eigenvalue weighted by atomic mass is 16.5. The smallest absolute Gasteiger partial charge is 0.319 e. The lowest BCUT2D eigenvalue weighted by molar-refractivity contribution is 0.173. The second-order valence-corrected chi connectivity index (χ2v) is 5.96. The second kappa shape index (κ2) is 9.69. The van der Waals surface area contributed by atoms with Crippen LogP contribution in [-0.2, 0) is 0 Å². The molecule has 0 aromatic heterocycles. The van der Waals surface area contributed by atoms with Crippen molar-refractivity contribution in [1.82, 2.24) is 5.32 Å². The molecule has 0 heterocycles. The van der Waals surface area contributed by atoms with Crippen LogP contribution in [0.2, 0.25) is 0 Å². The third kappa shape index (κ3) is 6.12. The fourth-order valence-electron chi connectivity index (χ4n) is 2.71. The standard InChI is InChI=1S/C20H26N2O3/c1-3-25-19-12-8-7-11-18(19)22-20(24)21-14-17(13-15(2)23)16-9-5-4-6-10-16/h4-12,15,17,23H,3,13-14H2,1-2H3,(H2,21,22,24). The normalized spacial score (nSPS) is 12.9. The molecule has 0 spiro atoms. The molecule has 0 bridgehead atoms. The summed E-state index contributed by atoms with van der Waals surface area (Å²) in [4.78, 5) is 12.3. The summed E-state index contributed by atoms with van der Waals surface area (Å²) < 4.78 is 5.51. The summed E-state index contributed by atoms with van der Waals surface area (Å²) in [6, 6.07) is 16.9. The number of benzene rings is 2. The number of aliphatic hydroxyl groups is 1. The number of urea groups is 1. The maximum atomic E-state index is 12.3. The first-order chi connectivity index (χ1) is 12.1. The number of rotatable bonds is 8. The Bertz CT molecular complexity index is 659. The number of ether oxygens (including phenoxy) is 1. The van der Waals surface area contributed by atoms with Crippen LogP contribution < -0.4 is 15.4 Å². The SMILES string of the molecule is CCOc1ccccc1NC(=O)NCC(CC(C)O)c1ccccc1. The van der Waals surface area contributed by atoms with Gasteiger partial charge >= 0.3 is 6.03 Å². The van der Waals surface area contributed by atoms with Crippen LogP contribution in [0.25, 0.3) is 0 Å². The van der Waals surface area contributed by atoms with Gasteiger partial charge in [0.1, 0.15) is 5.75 Å². The van der Waals surface area contributed by atoms with Gasteiger partial charge in [0.2, 0.25) is 0 Å². The number of aliphatic hydroxyl groups excluding tert-OH is 1. The van der Waals surface area contributed by atoms with E-state index in [2.05, 4.69) is 10.6 Å². The lowest BCUT2D eigenvalue weighted by Gasteiger charge is -2.20. The van der Waals surface area contributed by atoms with Crippen molar-refractivity contribution < 1.29 is 14.6 Å². The van der Waals surface area contributed by atoms with Crippen LogP contribution in [0.4, 0.5) is 10.5 Å². The van der Waals surface area contributed by atoms with Gasteiger partial charge < -0.3 is 20.5 Å². The molecule has 0 aliphatic carbocycles. The number of anilines is 1. The number of carbonyl (C=O) groups excluding carboxylic acids is 1. The average molecular weight is 342 g/mol. The first-order valence-electron chi connectivity index (χ1n) is 8.59. The third-order valence-electron chi connectivity index (χ3n) is 3.84. The Hall–Kier alpha value is -2.53. The van der Waals surface area contributed by atoms with Crippen LogP contribution in [0, 0.1) is 0 Å². The van der Waals surface area contributed by atoms with Crippen molar-refractivity contribution in [3.8, 4) is 5.75 Å². The molecule has 0 aliphatic rings. The largest absolute Gasteiger partial charge is 0.492 e. The molecule has 2 unspecified atom stereocenters. The zero-order valence-corrected chi connectivity index (χ0v) is 14.7. The molecular weight excluding hydrogens is 316 g/mol. The Kier molecular flexibility index (Phi) is 7.29. The zero-order valence-electron chi connectivity index (χ0n) is 14.7. The Balaban J connectivity index is 1.97. The Morgan fingerprint density at radius 2 is 1.80 bits per heavy atom. The minimum Gasteiger partial charge on any atom is -0.492 e. The number of hydrogen-bond donors (Lipinski definition) is 3. The van der Waals surface area contributed by atoms with Crippen LogP contribution in [0.5, 0.6) is 5.75 Å². The molecule has 2 aromatic rings. The van der Waals surface area contributed by atoms with Crippen molar-refractivity contribution in [2.24, 2.45) is 0 Å². The Labute approximate surface area is 149 Å². The van der Waals surface area contributed by atoms with Gasteiger partial charge in [-0.25, -0.2) is 4.79 Å². The van der Waals surface area contributed by atoms with Gasteiger partial charge in [0.15, 0.2) is 0 Å². The molecule has 0 fully saturated rings. The molecule has 0 radical (unpaired) electrons. The molecule has 0 saturated heterocycles. The predicted octanol–water partition coefficient (Wildman–Crippen LogP) is 3.76. The van der Waals surface area contributed by atoms with E-state index < -0.39 is 6.10 Å². The fourth-order valence-corrected chi connectivity index (χ4v) is 2.71. The van der Waals surface area contributed by atoms with Gasteiger partial charge in [-0.2, -0.15) is 0 Å². The first-order valence-corrected chi connectivity index (χ1v) is 8.59. The molecule has 0 aliphatic heterocycles. The van der Waals surface area contributed by atoms with Crippen molar-refractivity contribution in [2.75, 3.05) is 18.5 Å². The number of amides is 2. The highest BCUT2D eigenvalue weighted by Crippen LogP contribution is 2.24. The highest BCUT2D eigenvalue weighted by molar-refractivity contribution is 5.90. The van der Waals surface area contributed by atoms with Crippen molar-refractivity contribution in [3.05, 3.63) is 60.2 Å². The summed E-state index contributed by atoms with van der Waals surface area (Å²) in [6.07, 6.45) is 0.147. The van der Waals surface area contributed by atoms with Crippen molar-refractivity contribution in [3.63, 3.8) is 0 Å². The third-order valence-corrected chi connectivity index (χ3v) is 3.84. The second-order valence-electron chi connectivity index (χ2n) is 5.96. The number of para-hydroxylation sites is 2. The molecule has 0 saturated carbocycles. The van der Waals surface area contributed by atoms with E-state index in [0.717, 1.165) is 5.56 Å². The molecule has 134 valence electrons. The number of carbonyl (C=O) groups is 1. The minimum atomic E-state index is -0.436. The molecular formula is C20H26N2O3. The van der Waals surface area contributed by atoms with Crippen LogP contribution in [0.3, 0.4) is 0 Å². The van der Waals surface area contributed by atoms with Gasteiger partial charge in [-0.05, 0) is 38.0 Å². The molecule has 5 nitrogen and oxygen atoms in total. The molecule has 25 heavy (non-hydrogen) atoms. The van der Waals surface area contributed by atoms with Gasteiger partial charge in [-0.3, -0.25) is 0 Å². The van der Waals surface area contributed by atoms with Crippen molar-refractivity contribution in [1.29, 1.82) is 0 Å². The van der Waals surface area contributed by atoms with E-state index in [0.29, 0.717) is 31.0 Å². The van der Waals surface area contributed by atoms with E-state index in [-0.39, 0.29) is 11.9 Å². The van der Waals surface area contributed by atoms with E-state index in [9.17, 15) is 9.90 Å². The Morgan fingerprint density at radius 1 is 1.12 bits per heavy atom. The predicted molar refractivity (Wildman–Crippen MR) is 100 cm³/mol. The Morgan fingerprint density at radius 3 is 2.48 bits per heavy atom. The maximum Gasteiger partial charge on any atom is 0.319 e. The summed E-state index contributed by atoms with van der Waals surface area (Å²) >= 11 is 0. The van der Waals surface area contributed by atoms with Crippen LogP contribution in [0.1, 0.15) is 31.7 Å². The van der Waals surface area contributed by atoms with E-state index in [1.807, 2.05) is 55.5 Å². The summed E-state index contributed by atoms with van der Waals surface area (Å²) in [5, 5.41) is 15.4. The zero-order chi connectivity index (χ0) is 18.1. The van der Waals surface area contributed by atoms with Crippen molar-refractivity contribution >= 4 is 11.7 Å². The number of hydrogen-bond acceptors (Lipinski definition) is 3. The van der Waals surface area contributed by atoms with Crippen LogP contribution in [0.15, 0.2) is 54.6 Å². The molecule has 5 heteroatoms. The van der Waals surface area contributed by atoms with E-state index >= 15 is 0 Å². The summed E-state index contributed by atoms with van der Waals surface area (Å²) in [7, 11) is 0. The lowest BCUT2D eigenvalue weighted by Crippen LogP contribution is -2.33. The van der Waals surface area contributed by atoms with Gasteiger partial charge in [-0.1, -0.05) is 42.5 Å². The first kappa shape index (κ1) is 18.8. The quantitative estimate of drug-likeness (QED) is 0.684. The van der Waals surface area contributed by atoms with Gasteiger partial charge in [0, 0.05) is 12.5 Å². The van der Waals surface area contributed by atoms with E-state index in [1.165, 1.54) is 0 Å². The van der Waals surface area contributed by atoms with Crippen LogP contribution in [-0.4, -0.2) is 30.4 Å².